The molecule has 0 bridgehead atoms. The zero-order valence-electron chi connectivity index (χ0n) is 8.16. The molecule has 1 aliphatic heterocycles. The Morgan fingerprint density at radius 3 is 2.88 bits per heavy atom. The number of ether oxygens (including phenoxy) is 1. The highest BCUT2D eigenvalue weighted by Gasteiger charge is 2.26. The Bertz CT molecular complexity index is 533. The van der Waals surface area contributed by atoms with Crippen molar-refractivity contribution in [2.45, 2.75) is 12.3 Å². The first-order chi connectivity index (χ1) is 7.61. The van der Waals surface area contributed by atoms with Crippen LogP contribution in [0.3, 0.4) is 0 Å². The first-order valence-electron chi connectivity index (χ1n) is 4.60. The Kier molecular flexibility index (Phi) is 2.99. The maximum absolute atomic E-state index is 11.5. The van der Waals surface area contributed by atoms with Gasteiger partial charge in [0.15, 0.2) is 6.23 Å². The third-order valence-corrected chi connectivity index (χ3v) is 2.57. The minimum absolute atomic E-state index is 0.182. The molecule has 0 saturated carbocycles. The van der Waals surface area contributed by atoms with Gasteiger partial charge in [0, 0.05) is 17.2 Å². The number of hydrogen-bond acceptors (Lipinski definition) is 5. The average Bonchev–Trinajstić information content (AvgIpc) is 2.60. The number of aliphatic hydroxyl groups excluding tert-OH is 1. The second-order valence-electron chi connectivity index (χ2n) is 3.32. The highest BCUT2D eigenvalue weighted by molar-refractivity contribution is 7.84. The van der Waals surface area contributed by atoms with Crippen LogP contribution in [0.2, 0.25) is 0 Å². The van der Waals surface area contributed by atoms with Gasteiger partial charge in [-0.3, -0.25) is 14.3 Å². The third-order valence-electron chi connectivity index (χ3n) is 2.20. The molecule has 2 atom stereocenters. The highest BCUT2D eigenvalue weighted by Crippen LogP contribution is 2.29. The van der Waals surface area contributed by atoms with Crippen LogP contribution < -0.4 is 11.2 Å². The van der Waals surface area contributed by atoms with Crippen molar-refractivity contribution in [2.24, 2.45) is 0 Å². The second-order valence-corrected chi connectivity index (χ2v) is 3.83. The minimum atomic E-state index is -0.690. The highest BCUT2D eigenvalue weighted by atomic mass is 32.1. The summed E-state index contributed by atoms with van der Waals surface area (Å²) in [5.41, 5.74) is -1.04. The molecule has 0 unspecified atom stereocenters. The quantitative estimate of drug-likeness (QED) is 0.595. The molecule has 1 aromatic heterocycles. The number of aromatic nitrogens is 2. The predicted molar refractivity (Wildman–Crippen MR) is 59.4 cm³/mol. The summed E-state index contributed by atoms with van der Waals surface area (Å²) < 4.78 is 6.56. The standard InChI is InChI=1S/C9H10N2O4S/c12-4-5-3-6(16)8(15-5)11-2-1-7(13)10-9(11)14/h1-3,5,8,12,16H,4H2,(H,10,13,14)/t5-,8+/m0/s1. The lowest BCUT2D eigenvalue weighted by molar-refractivity contribution is -0.0115. The van der Waals surface area contributed by atoms with Crippen molar-refractivity contribution in [1.29, 1.82) is 0 Å². The van der Waals surface area contributed by atoms with Gasteiger partial charge in [-0.05, 0) is 6.08 Å². The molecule has 1 aliphatic rings. The van der Waals surface area contributed by atoms with Gasteiger partial charge in [0.25, 0.3) is 5.56 Å². The number of rotatable bonds is 2. The van der Waals surface area contributed by atoms with E-state index in [9.17, 15) is 9.59 Å². The van der Waals surface area contributed by atoms with Crippen LogP contribution in [0.25, 0.3) is 0 Å². The molecular weight excluding hydrogens is 232 g/mol. The van der Waals surface area contributed by atoms with E-state index in [-0.39, 0.29) is 6.61 Å². The number of hydrogen-bond donors (Lipinski definition) is 3. The molecule has 7 heteroatoms. The van der Waals surface area contributed by atoms with Gasteiger partial charge in [-0.2, -0.15) is 0 Å². The molecule has 1 aromatic rings. The molecule has 2 rings (SSSR count). The van der Waals surface area contributed by atoms with E-state index in [2.05, 4.69) is 17.6 Å². The summed E-state index contributed by atoms with van der Waals surface area (Å²) >= 11 is 4.16. The molecule has 0 amide bonds. The smallest absolute Gasteiger partial charge is 0.330 e. The van der Waals surface area contributed by atoms with E-state index in [0.29, 0.717) is 4.91 Å². The summed E-state index contributed by atoms with van der Waals surface area (Å²) in [5, 5.41) is 8.91. The summed E-state index contributed by atoms with van der Waals surface area (Å²) in [4.78, 5) is 25.0. The molecule has 0 aromatic carbocycles. The number of H-pyrrole nitrogens is 1. The summed E-state index contributed by atoms with van der Waals surface area (Å²) in [6, 6.07) is 1.22. The molecule has 0 spiro atoms. The maximum Gasteiger partial charge on any atom is 0.330 e. The largest absolute Gasteiger partial charge is 0.393 e. The van der Waals surface area contributed by atoms with Crippen LogP contribution in [0.1, 0.15) is 6.23 Å². The molecular formula is C9H10N2O4S. The van der Waals surface area contributed by atoms with Crippen LogP contribution in [-0.4, -0.2) is 27.4 Å². The van der Waals surface area contributed by atoms with Crippen molar-refractivity contribution in [1.82, 2.24) is 9.55 Å². The molecule has 0 radical (unpaired) electrons. The molecule has 16 heavy (non-hydrogen) atoms. The topological polar surface area (TPSA) is 84.3 Å². The fourth-order valence-electron chi connectivity index (χ4n) is 1.46. The van der Waals surface area contributed by atoms with Gasteiger partial charge in [0.2, 0.25) is 0 Å². The van der Waals surface area contributed by atoms with Crippen molar-refractivity contribution in [3.8, 4) is 0 Å². The second kappa shape index (κ2) is 4.28. The molecule has 2 heterocycles. The zero-order valence-corrected chi connectivity index (χ0v) is 9.05. The average molecular weight is 242 g/mol. The van der Waals surface area contributed by atoms with Gasteiger partial charge in [-0.15, -0.1) is 12.6 Å². The lowest BCUT2D eigenvalue weighted by Crippen LogP contribution is -2.32. The van der Waals surface area contributed by atoms with Gasteiger partial charge in [-0.1, -0.05) is 0 Å². The Morgan fingerprint density at radius 2 is 2.31 bits per heavy atom. The Morgan fingerprint density at radius 1 is 1.56 bits per heavy atom. The van der Waals surface area contributed by atoms with Crippen molar-refractivity contribution in [3.05, 3.63) is 44.1 Å². The summed E-state index contributed by atoms with van der Waals surface area (Å²) in [5.74, 6) is 0. The number of aromatic amines is 1. The van der Waals surface area contributed by atoms with Gasteiger partial charge in [-0.25, -0.2) is 4.79 Å². The van der Waals surface area contributed by atoms with E-state index in [1.54, 1.807) is 6.08 Å². The van der Waals surface area contributed by atoms with Crippen LogP contribution in [-0.2, 0) is 4.74 Å². The first-order valence-corrected chi connectivity index (χ1v) is 5.05. The maximum atomic E-state index is 11.5. The molecule has 0 saturated heterocycles. The molecule has 2 N–H and O–H groups in total. The van der Waals surface area contributed by atoms with Gasteiger partial charge in [0.05, 0.1) is 6.61 Å². The monoisotopic (exact) mass is 242 g/mol. The van der Waals surface area contributed by atoms with E-state index in [1.165, 1.54) is 16.8 Å². The first kappa shape index (κ1) is 11.2. The fourth-order valence-corrected chi connectivity index (χ4v) is 1.81. The number of nitrogens with zero attached hydrogens (tertiary/aromatic N) is 1. The third kappa shape index (κ3) is 1.97. The molecule has 86 valence electrons. The van der Waals surface area contributed by atoms with Gasteiger partial charge in [0.1, 0.15) is 6.10 Å². The Labute approximate surface area is 95.6 Å². The van der Waals surface area contributed by atoms with Crippen LogP contribution in [0.5, 0.6) is 0 Å². The van der Waals surface area contributed by atoms with Crippen molar-refractivity contribution >= 4 is 12.6 Å². The molecule has 6 nitrogen and oxygen atoms in total. The van der Waals surface area contributed by atoms with E-state index >= 15 is 0 Å². The lowest BCUT2D eigenvalue weighted by atomic mass is 10.4. The Hall–Kier alpha value is -1.31. The fraction of sp³-hybridized carbons (Fsp3) is 0.333. The van der Waals surface area contributed by atoms with E-state index in [1.807, 2.05) is 0 Å². The van der Waals surface area contributed by atoms with Crippen molar-refractivity contribution in [2.75, 3.05) is 6.61 Å². The van der Waals surface area contributed by atoms with Crippen LogP contribution in [0.15, 0.2) is 32.8 Å². The van der Waals surface area contributed by atoms with Crippen LogP contribution in [0, 0.1) is 0 Å². The van der Waals surface area contributed by atoms with Crippen LogP contribution >= 0.6 is 12.6 Å². The molecule has 0 aliphatic carbocycles. The summed E-state index contributed by atoms with van der Waals surface area (Å²) in [6.07, 6.45) is 1.78. The summed E-state index contributed by atoms with van der Waals surface area (Å²) in [6.45, 7) is -0.182. The lowest BCUT2D eigenvalue weighted by Gasteiger charge is -2.15. The number of nitrogens with one attached hydrogen (secondary N) is 1. The van der Waals surface area contributed by atoms with E-state index in [0.717, 1.165) is 0 Å². The molecule has 0 fully saturated rings. The predicted octanol–water partition coefficient (Wildman–Crippen LogP) is -0.760. The number of thiol groups is 1. The van der Waals surface area contributed by atoms with E-state index in [4.69, 9.17) is 9.84 Å². The Balaban J connectivity index is 2.37. The number of aliphatic hydroxyl groups is 1. The summed E-state index contributed by atoms with van der Waals surface area (Å²) in [7, 11) is 0. The SMILES string of the molecule is O=c1ccn([C@@H]2O[C@H](CO)C=C2S)c(=O)[nH]1. The zero-order chi connectivity index (χ0) is 11.7. The van der Waals surface area contributed by atoms with Crippen LogP contribution in [0.4, 0.5) is 0 Å². The van der Waals surface area contributed by atoms with Gasteiger partial charge >= 0.3 is 5.69 Å². The normalized spacial score (nSPS) is 24.5. The van der Waals surface area contributed by atoms with Crippen molar-refractivity contribution < 1.29 is 9.84 Å². The van der Waals surface area contributed by atoms with E-state index < -0.39 is 23.6 Å². The van der Waals surface area contributed by atoms with Crippen molar-refractivity contribution in [3.63, 3.8) is 0 Å². The minimum Gasteiger partial charge on any atom is -0.393 e. The van der Waals surface area contributed by atoms with Gasteiger partial charge < -0.3 is 9.84 Å².